The Bertz CT molecular complexity index is 1010. The number of halogens is 2. The Labute approximate surface area is 175 Å². The van der Waals surface area contributed by atoms with Crippen LogP contribution < -0.4 is 15.5 Å². The van der Waals surface area contributed by atoms with E-state index in [4.69, 9.17) is 0 Å². The Balaban J connectivity index is 1.27. The molecule has 0 spiro atoms. The topological polar surface area (TPSA) is 95.9 Å². The molecule has 1 fully saturated rings. The van der Waals surface area contributed by atoms with Gasteiger partial charge in [0.1, 0.15) is 0 Å². The van der Waals surface area contributed by atoms with Gasteiger partial charge in [-0.05, 0) is 31.0 Å². The smallest absolute Gasteiger partial charge is 0.230 e. The quantitative estimate of drug-likeness (QED) is 0.620. The normalized spacial score (nSPS) is 14.5. The minimum absolute atomic E-state index is 0.00905. The third kappa shape index (κ3) is 4.85. The number of carbonyl (C=O) groups is 1. The number of aromatic nitrogens is 4. The van der Waals surface area contributed by atoms with Crippen molar-refractivity contribution >= 4 is 33.3 Å². The third-order valence-corrected chi connectivity index (χ3v) is 5.53. The first-order valence-electron chi connectivity index (χ1n) is 9.44. The third-order valence-electron chi connectivity index (χ3n) is 4.76. The largest absolute Gasteiger partial charge is 0.357 e. The number of rotatable bonds is 6. The number of hydrogen-bond donors (Lipinski definition) is 2. The fourth-order valence-electron chi connectivity index (χ4n) is 3.24. The zero-order valence-corrected chi connectivity index (χ0v) is 16.7. The van der Waals surface area contributed by atoms with E-state index in [1.165, 1.54) is 23.5 Å². The number of anilines is 3. The van der Waals surface area contributed by atoms with Gasteiger partial charge >= 0.3 is 0 Å². The number of benzene rings is 1. The molecule has 8 nitrogen and oxygen atoms in total. The maximum absolute atomic E-state index is 13.7. The minimum atomic E-state index is -1.01. The van der Waals surface area contributed by atoms with E-state index in [1.807, 2.05) is 12.1 Å². The lowest BCUT2D eigenvalue weighted by molar-refractivity contribution is -0.115. The molecule has 1 saturated heterocycles. The summed E-state index contributed by atoms with van der Waals surface area (Å²) >= 11 is 1.20. The summed E-state index contributed by atoms with van der Waals surface area (Å²) in [6.45, 7) is 1.69. The average molecular weight is 431 g/mol. The van der Waals surface area contributed by atoms with E-state index in [0.29, 0.717) is 10.3 Å². The average Bonchev–Trinajstić information content (AvgIpc) is 3.19. The number of nitrogens with one attached hydrogen (secondary N) is 2. The molecule has 0 radical (unpaired) electrons. The Morgan fingerprint density at radius 3 is 2.67 bits per heavy atom. The summed E-state index contributed by atoms with van der Waals surface area (Å²) in [5.74, 6) is -1.61. The Morgan fingerprint density at radius 1 is 1.10 bits per heavy atom. The second kappa shape index (κ2) is 9.08. The van der Waals surface area contributed by atoms with Crippen LogP contribution >= 0.6 is 11.3 Å². The van der Waals surface area contributed by atoms with Crippen LogP contribution in [0.2, 0.25) is 0 Å². The van der Waals surface area contributed by atoms with Gasteiger partial charge in [0.25, 0.3) is 0 Å². The summed E-state index contributed by atoms with van der Waals surface area (Å²) in [5.41, 5.74) is -0.00905. The van der Waals surface area contributed by atoms with E-state index in [1.54, 1.807) is 6.20 Å². The van der Waals surface area contributed by atoms with Crippen molar-refractivity contribution in [3.05, 3.63) is 53.7 Å². The fourth-order valence-corrected chi connectivity index (χ4v) is 3.98. The van der Waals surface area contributed by atoms with Gasteiger partial charge < -0.3 is 15.5 Å². The molecule has 2 aromatic heterocycles. The van der Waals surface area contributed by atoms with Crippen molar-refractivity contribution in [3.8, 4) is 0 Å². The molecule has 4 rings (SSSR count). The minimum Gasteiger partial charge on any atom is -0.357 e. The summed E-state index contributed by atoms with van der Waals surface area (Å²) < 4.78 is 27.0. The molecule has 30 heavy (non-hydrogen) atoms. The van der Waals surface area contributed by atoms with Crippen LogP contribution in [0.3, 0.4) is 0 Å². The highest BCUT2D eigenvalue weighted by atomic mass is 32.1. The Morgan fingerprint density at radius 2 is 1.90 bits per heavy atom. The van der Waals surface area contributed by atoms with Crippen LogP contribution in [0, 0.1) is 11.6 Å². The Hall–Kier alpha value is -3.21. The van der Waals surface area contributed by atoms with Crippen LogP contribution in [-0.4, -0.2) is 45.4 Å². The lowest BCUT2D eigenvalue weighted by Crippen LogP contribution is -2.39. The van der Waals surface area contributed by atoms with Crippen LogP contribution in [0.5, 0.6) is 0 Å². The highest BCUT2D eigenvalue weighted by molar-refractivity contribution is 7.19. The van der Waals surface area contributed by atoms with Crippen LogP contribution in [0.15, 0.2) is 36.5 Å². The summed E-state index contributed by atoms with van der Waals surface area (Å²) in [6.07, 6.45) is 3.17. The van der Waals surface area contributed by atoms with E-state index in [0.717, 1.165) is 37.8 Å². The van der Waals surface area contributed by atoms with Gasteiger partial charge in [0, 0.05) is 30.9 Å². The van der Waals surface area contributed by atoms with Crippen molar-refractivity contribution in [2.75, 3.05) is 28.6 Å². The van der Waals surface area contributed by atoms with E-state index in [-0.39, 0.29) is 18.0 Å². The first-order valence-corrected chi connectivity index (χ1v) is 10.3. The molecule has 1 amide bonds. The fraction of sp³-hybridized carbons (Fsp3) is 0.316. The monoisotopic (exact) mass is 431 g/mol. The van der Waals surface area contributed by atoms with Crippen molar-refractivity contribution < 1.29 is 13.6 Å². The standard InChI is InChI=1S/C19H19F2N7OS/c20-14-4-1-3-12(17(14)21)11-16(29)24-19-27-26-18(30-19)23-13-6-9-28(10-7-13)15-5-2-8-22-25-15/h1-5,8,13H,6-7,9-11H2,(H,23,26)(H,24,27,29). The van der Waals surface area contributed by atoms with E-state index in [9.17, 15) is 13.6 Å². The molecule has 1 aromatic carbocycles. The number of carbonyl (C=O) groups excluding carboxylic acids is 1. The van der Waals surface area contributed by atoms with Crippen molar-refractivity contribution in [2.45, 2.75) is 25.3 Å². The number of hydrogen-bond acceptors (Lipinski definition) is 8. The zero-order valence-electron chi connectivity index (χ0n) is 15.9. The lowest BCUT2D eigenvalue weighted by Gasteiger charge is -2.32. The molecule has 3 heterocycles. The van der Waals surface area contributed by atoms with Crippen molar-refractivity contribution in [1.29, 1.82) is 0 Å². The van der Waals surface area contributed by atoms with Crippen molar-refractivity contribution in [1.82, 2.24) is 20.4 Å². The van der Waals surface area contributed by atoms with Crippen LogP contribution in [0.25, 0.3) is 0 Å². The number of nitrogens with zero attached hydrogens (tertiary/aromatic N) is 5. The van der Waals surface area contributed by atoms with Gasteiger partial charge in [-0.15, -0.1) is 15.3 Å². The second-order valence-corrected chi connectivity index (χ2v) is 7.82. The van der Waals surface area contributed by atoms with Gasteiger partial charge in [0.2, 0.25) is 16.2 Å². The molecular formula is C19H19F2N7OS. The summed E-state index contributed by atoms with van der Waals surface area (Å²) in [7, 11) is 0. The van der Waals surface area contributed by atoms with Gasteiger partial charge in [-0.1, -0.05) is 23.5 Å². The molecule has 156 valence electrons. The van der Waals surface area contributed by atoms with E-state index >= 15 is 0 Å². The highest BCUT2D eigenvalue weighted by Crippen LogP contribution is 2.24. The van der Waals surface area contributed by atoms with Crippen LogP contribution in [0.1, 0.15) is 18.4 Å². The molecule has 0 aliphatic carbocycles. The molecule has 2 N–H and O–H groups in total. The summed E-state index contributed by atoms with van der Waals surface area (Å²) in [5, 5.41) is 22.8. The molecule has 3 aromatic rings. The van der Waals surface area contributed by atoms with Gasteiger partial charge in [-0.3, -0.25) is 4.79 Å². The van der Waals surface area contributed by atoms with E-state index < -0.39 is 17.5 Å². The van der Waals surface area contributed by atoms with Crippen molar-refractivity contribution in [3.63, 3.8) is 0 Å². The maximum atomic E-state index is 13.7. The molecular weight excluding hydrogens is 412 g/mol. The number of amides is 1. The first-order chi connectivity index (χ1) is 14.6. The predicted octanol–water partition coefficient (Wildman–Crippen LogP) is 2.87. The molecule has 1 aliphatic heterocycles. The van der Waals surface area contributed by atoms with Crippen LogP contribution in [0.4, 0.5) is 24.9 Å². The van der Waals surface area contributed by atoms with Gasteiger partial charge in [-0.25, -0.2) is 8.78 Å². The highest BCUT2D eigenvalue weighted by Gasteiger charge is 2.21. The predicted molar refractivity (Wildman–Crippen MR) is 109 cm³/mol. The molecule has 1 aliphatic rings. The van der Waals surface area contributed by atoms with Crippen LogP contribution in [-0.2, 0) is 11.2 Å². The lowest BCUT2D eigenvalue weighted by atomic mass is 10.1. The second-order valence-electron chi connectivity index (χ2n) is 6.84. The number of piperidine rings is 1. The molecule has 0 unspecified atom stereocenters. The summed E-state index contributed by atoms with van der Waals surface area (Å²) in [6, 6.07) is 7.79. The first kappa shape index (κ1) is 20.1. The zero-order chi connectivity index (χ0) is 20.9. The van der Waals surface area contributed by atoms with Gasteiger partial charge in [0.05, 0.1) is 6.42 Å². The molecule has 0 atom stereocenters. The van der Waals surface area contributed by atoms with Gasteiger partial charge in [-0.2, -0.15) is 5.10 Å². The maximum Gasteiger partial charge on any atom is 0.230 e. The van der Waals surface area contributed by atoms with Crippen molar-refractivity contribution in [2.24, 2.45) is 0 Å². The molecule has 0 bridgehead atoms. The van der Waals surface area contributed by atoms with Gasteiger partial charge in [0.15, 0.2) is 17.5 Å². The SMILES string of the molecule is O=C(Cc1cccc(F)c1F)Nc1nnc(NC2CCN(c3cccnn3)CC2)s1. The summed E-state index contributed by atoms with van der Waals surface area (Å²) in [4.78, 5) is 14.3. The molecule has 0 saturated carbocycles. The molecule has 11 heteroatoms. The van der Waals surface area contributed by atoms with E-state index in [2.05, 4.69) is 35.9 Å². The Kier molecular flexibility index (Phi) is 6.07.